The van der Waals surface area contributed by atoms with Crippen LogP contribution in [0.5, 0.6) is 0 Å². The summed E-state index contributed by atoms with van der Waals surface area (Å²) in [7, 11) is 1.78. The molecule has 1 N–H and O–H groups in total. The Labute approximate surface area is 104 Å². The first kappa shape index (κ1) is 11.6. The molecule has 0 aromatic carbocycles. The monoisotopic (exact) mass is 285 g/mol. The number of hydrogen-bond acceptors (Lipinski definition) is 2. The minimum Gasteiger partial charge on any atom is -0.347 e. The zero-order valence-corrected chi connectivity index (χ0v) is 10.9. The van der Waals surface area contributed by atoms with Crippen LogP contribution in [0.3, 0.4) is 0 Å². The molecule has 0 saturated heterocycles. The third kappa shape index (κ3) is 2.45. The van der Waals surface area contributed by atoms with Gasteiger partial charge in [-0.25, -0.2) is 0 Å². The summed E-state index contributed by atoms with van der Waals surface area (Å²) >= 11 is 3.63. The zero-order valence-electron chi connectivity index (χ0n) is 9.32. The van der Waals surface area contributed by atoms with E-state index in [-0.39, 0.29) is 11.9 Å². The van der Waals surface area contributed by atoms with Gasteiger partial charge in [-0.2, -0.15) is 5.10 Å². The SMILES string of the molecule is Cn1nccc1C(=O)NC1CCCCC1Br. The van der Waals surface area contributed by atoms with Crippen molar-refractivity contribution < 1.29 is 4.79 Å². The van der Waals surface area contributed by atoms with Crippen molar-refractivity contribution in [1.29, 1.82) is 0 Å². The molecule has 0 bridgehead atoms. The second-order valence-corrected chi connectivity index (χ2v) is 5.40. The summed E-state index contributed by atoms with van der Waals surface area (Å²) < 4.78 is 1.60. The predicted octanol–water partition coefficient (Wildman–Crippen LogP) is 1.86. The lowest BCUT2D eigenvalue weighted by atomic mass is 9.95. The number of nitrogens with one attached hydrogen (secondary N) is 1. The van der Waals surface area contributed by atoms with Crippen LogP contribution in [0.1, 0.15) is 36.2 Å². The Balaban J connectivity index is 1.99. The smallest absolute Gasteiger partial charge is 0.269 e. The van der Waals surface area contributed by atoms with Crippen molar-refractivity contribution in [3.05, 3.63) is 18.0 Å². The lowest BCUT2D eigenvalue weighted by Crippen LogP contribution is -2.43. The molecular formula is C11H16BrN3O. The summed E-state index contributed by atoms with van der Waals surface area (Å²) in [6.45, 7) is 0. The van der Waals surface area contributed by atoms with Gasteiger partial charge in [0, 0.05) is 24.1 Å². The Hall–Kier alpha value is -0.840. The number of alkyl halides is 1. The summed E-state index contributed by atoms with van der Waals surface area (Å²) in [6, 6.07) is 1.98. The van der Waals surface area contributed by atoms with Crippen molar-refractivity contribution in [3.63, 3.8) is 0 Å². The molecule has 2 atom stereocenters. The van der Waals surface area contributed by atoms with E-state index in [4.69, 9.17) is 0 Å². The number of aromatic nitrogens is 2. The van der Waals surface area contributed by atoms with Crippen LogP contribution in [0, 0.1) is 0 Å². The molecule has 1 aliphatic rings. The lowest BCUT2D eigenvalue weighted by Gasteiger charge is -2.28. The van der Waals surface area contributed by atoms with Crippen molar-refractivity contribution in [3.8, 4) is 0 Å². The topological polar surface area (TPSA) is 46.9 Å². The van der Waals surface area contributed by atoms with Crippen LogP contribution in [0.4, 0.5) is 0 Å². The number of carbonyl (C=O) groups excluding carboxylic acids is 1. The van der Waals surface area contributed by atoms with Crippen molar-refractivity contribution in [2.24, 2.45) is 7.05 Å². The third-order valence-electron chi connectivity index (χ3n) is 3.05. The maximum absolute atomic E-state index is 11.9. The maximum Gasteiger partial charge on any atom is 0.269 e. The van der Waals surface area contributed by atoms with Crippen LogP contribution >= 0.6 is 15.9 Å². The van der Waals surface area contributed by atoms with E-state index in [0.29, 0.717) is 10.5 Å². The number of amides is 1. The van der Waals surface area contributed by atoms with Gasteiger partial charge in [0.25, 0.3) is 5.91 Å². The fourth-order valence-electron chi connectivity index (χ4n) is 2.09. The number of carbonyl (C=O) groups is 1. The summed E-state index contributed by atoms with van der Waals surface area (Å²) in [6.07, 6.45) is 6.27. The highest BCUT2D eigenvalue weighted by atomic mass is 79.9. The molecule has 16 heavy (non-hydrogen) atoms. The molecule has 1 aromatic rings. The highest BCUT2D eigenvalue weighted by Gasteiger charge is 2.25. The average molecular weight is 286 g/mol. The molecule has 0 radical (unpaired) electrons. The summed E-state index contributed by atoms with van der Waals surface area (Å²) in [5.41, 5.74) is 0.616. The molecule has 88 valence electrons. The van der Waals surface area contributed by atoms with Crippen molar-refractivity contribution >= 4 is 21.8 Å². The van der Waals surface area contributed by atoms with Gasteiger partial charge in [-0.1, -0.05) is 28.8 Å². The van der Waals surface area contributed by atoms with Crippen molar-refractivity contribution in [2.45, 2.75) is 36.6 Å². The molecule has 1 amide bonds. The van der Waals surface area contributed by atoms with Crippen molar-refractivity contribution in [1.82, 2.24) is 15.1 Å². The highest BCUT2D eigenvalue weighted by Crippen LogP contribution is 2.24. The molecule has 4 nitrogen and oxygen atoms in total. The molecule has 5 heteroatoms. The molecule has 1 saturated carbocycles. The molecule has 1 fully saturated rings. The fourth-order valence-corrected chi connectivity index (χ4v) is 2.81. The maximum atomic E-state index is 11.9. The molecule has 2 unspecified atom stereocenters. The Morgan fingerprint density at radius 3 is 2.94 bits per heavy atom. The van der Waals surface area contributed by atoms with Gasteiger partial charge in [0.05, 0.1) is 0 Å². The molecule has 0 aliphatic heterocycles. The first-order chi connectivity index (χ1) is 7.68. The van der Waals surface area contributed by atoms with Crippen LogP contribution in [-0.4, -0.2) is 26.6 Å². The van der Waals surface area contributed by atoms with Gasteiger partial charge in [-0.05, 0) is 18.9 Å². The number of rotatable bonds is 2. The zero-order chi connectivity index (χ0) is 11.5. The molecule has 0 spiro atoms. The number of aryl methyl sites for hydroxylation is 1. The second kappa shape index (κ2) is 4.99. The molecule has 1 heterocycles. The Bertz CT molecular complexity index is 377. The first-order valence-electron chi connectivity index (χ1n) is 5.61. The van der Waals surface area contributed by atoms with Gasteiger partial charge in [0.1, 0.15) is 5.69 Å². The van der Waals surface area contributed by atoms with E-state index < -0.39 is 0 Å². The van der Waals surface area contributed by atoms with Crippen LogP contribution in [0.2, 0.25) is 0 Å². The quantitative estimate of drug-likeness (QED) is 0.843. The van der Waals surface area contributed by atoms with Gasteiger partial charge in [-0.3, -0.25) is 9.48 Å². The molecule has 1 aliphatic carbocycles. The Morgan fingerprint density at radius 1 is 1.56 bits per heavy atom. The number of nitrogens with zero attached hydrogens (tertiary/aromatic N) is 2. The van der Waals surface area contributed by atoms with Gasteiger partial charge in [0.15, 0.2) is 0 Å². The lowest BCUT2D eigenvalue weighted by molar-refractivity contribution is 0.0920. The Morgan fingerprint density at radius 2 is 2.31 bits per heavy atom. The van der Waals surface area contributed by atoms with Crippen molar-refractivity contribution in [2.75, 3.05) is 0 Å². The van der Waals surface area contributed by atoms with Crippen LogP contribution < -0.4 is 5.32 Å². The summed E-state index contributed by atoms with van der Waals surface area (Å²) in [4.78, 5) is 12.3. The van der Waals surface area contributed by atoms with Gasteiger partial charge < -0.3 is 5.32 Å². The number of hydrogen-bond donors (Lipinski definition) is 1. The number of halogens is 1. The minimum atomic E-state index is -0.0312. The third-order valence-corrected chi connectivity index (χ3v) is 4.15. The Kier molecular flexibility index (Phi) is 3.63. The predicted molar refractivity (Wildman–Crippen MR) is 65.6 cm³/mol. The van der Waals surface area contributed by atoms with Gasteiger partial charge in [-0.15, -0.1) is 0 Å². The largest absolute Gasteiger partial charge is 0.347 e. The van der Waals surface area contributed by atoms with Crippen LogP contribution in [0.25, 0.3) is 0 Å². The standard InChI is InChI=1S/C11H16BrN3O/c1-15-10(6-7-13-15)11(16)14-9-5-3-2-4-8(9)12/h6-9H,2-5H2,1H3,(H,14,16). The summed E-state index contributed by atoms with van der Waals surface area (Å²) in [5.74, 6) is -0.0312. The van der Waals surface area contributed by atoms with E-state index in [0.717, 1.165) is 12.8 Å². The van der Waals surface area contributed by atoms with Crippen LogP contribution in [-0.2, 0) is 7.05 Å². The van der Waals surface area contributed by atoms with E-state index in [2.05, 4.69) is 26.3 Å². The highest BCUT2D eigenvalue weighted by molar-refractivity contribution is 9.09. The van der Waals surface area contributed by atoms with Gasteiger partial charge in [0.2, 0.25) is 0 Å². The van der Waals surface area contributed by atoms with E-state index in [1.165, 1.54) is 12.8 Å². The average Bonchev–Trinajstić information content (AvgIpc) is 2.68. The molecule has 1 aromatic heterocycles. The van der Waals surface area contributed by atoms with Gasteiger partial charge >= 0.3 is 0 Å². The second-order valence-electron chi connectivity index (χ2n) is 4.22. The minimum absolute atomic E-state index is 0.0312. The van der Waals surface area contributed by atoms with E-state index >= 15 is 0 Å². The van der Waals surface area contributed by atoms with E-state index in [1.807, 2.05) is 0 Å². The fraction of sp³-hybridized carbons (Fsp3) is 0.636. The first-order valence-corrected chi connectivity index (χ1v) is 6.53. The van der Waals surface area contributed by atoms with E-state index in [9.17, 15) is 4.79 Å². The molecular weight excluding hydrogens is 270 g/mol. The van der Waals surface area contributed by atoms with E-state index in [1.54, 1.807) is 24.0 Å². The normalized spacial score (nSPS) is 25.4. The molecule has 2 rings (SSSR count). The summed E-state index contributed by atoms with van der Waals surface area (Å²) in [5, 5.41) is 7.06. The van der Waals surface area contributed by atoms with Crippen LogP contribution in [0.15, 0.2) is 12.3 Å².